The number of nitrogens with one attached hydrogen (secondary N) is 1. The van der Waals surface area contributed by atoms with Crippen molar-refractivity contribution >= 4 is 27.6 Å². The van der Waals surface area contributed by atoms with Gasteiger partial charge in [-0.1, -0.05) is 72.5 Å². The van der Waals surface area contributed by atoms with Crippen LogP contribution in [0.1, 0.15) is 10.5 Å². The molecule has 4 rings (SSSR count). The van der Waals surface area contributed by atoms with Crippen LogP contribution in [0.4, 0.5) is 0 Å². The van der Waals surface area contributed by atoms with Crippen molar-refractivity contribution in [1.29, 1.82) is 0 Å². The van der Waals surface area contributed by atoms with Crippen molar-refractivity contribution in [3.05, 3.63) is 84.6 Å². The van der Waals surface area contributed by atoms with Crippen molar-refractivity contribution in [2.24, 2.45) is 0 Å². The molecule has 4 aromatic rings. The second-order valence-electron chi connectivity index (χ2n) is 6.19. The zero-order valence-electron chi connectivity index (χ0n) is 15.2. The third kappa shape index (κ3) is 3.94. The zero-order chi connectivity index (χ0) is 19.2. The van der Waals surface area contributed by atoms with Gasteiger partial charge in [-0.2, -0.15) is 0 Å². The third-order valence-corrected chi connectivity index (χ3v) is 4.34. The Bertz CT molecular complexity index is 1200. The van der Waals surface area contributed by atoms with Crippen molar-refractivity contribution in [2.45, 2.75) is 0 Å². The van der Waals surface area contributed by atoms with Gasteiger partial charge in [0.05, 0.1) is 12.1 Å². The van der Waals surface area contributed by atoms with E-state index in [1.54, 1.807) is 6.07 Å². The minimum Gasteiger partial charge on any atom is -0.480 e. The van der Waals surface area contributed by atoms with Crippen molar-refractivity contribution in [3.63, 3.8) is 0 Å². The van der Waals surface area contributed by atoms with Gasteiger partial charge in [-0.05, 0) is 23.6 Å². The number of para-hydroxylation sites is 1. The predicted octanol–water partition coefficient (Wildman–Crippen LogP) is 4.20. The van der Waals surface area contributed by atoms with Gasteiger partial charge < -0.3 is 10.1 Å². The first kappa shape index (κ1) is 17.6. The number of carbonyl (C=O) groups is 1. The fourth-order valence-corrected chi connectivity index (χ4v) is 2.96. The number of fused-ring (bicyclic) bond motifs is 2. The van der Waals surface area contributed by atoms with E-state index in [-0.39, 0.29) is 19.1 Å². The highest BCUT2D eigenvalue weighted by molar-refractivity contribution is 5.95. The first-order valence-electron chi connectivity index (χ1n) is 9.01. The van der Waals surface area contributed by atoms with E-state index in [4.69, 9.17) is 4.74 Å². The molecule has 4 nitrogen and oxygen atoms in total. The molecule has 1 heterocycles. The summed E-state index contributed by atoms with van der Waals surface area (Å²) in [5.41, 5.74) is 1.18. The van der Waals surface area contributed by atoms with E-state index >= 15 is 0 Å². The lowest BCUT2D eigenvalue weighted by Crippen LogP contribution is -2.24. The highest BCUT2D eigenvalue weighted by Gasteiger charge is 2.06. The highest BCUT2D eigenvalue weighted by atomic mass is 16.5. The number of amides is 1. The summed E-state index contributed by atoms with van der Waals surface area (Å²) in [6, 6.07) is 25.3. The molecule has 136 valence electrons. The Morgan fingerprint density at radius 2 is 1.64 bits per heavy atom. The Balaban J connectivity index is 1.31. The lowest BCUT2D eigenvalue weighted by molar-refractivity contribution is 0.0954. The molecule has 3 aromatic carbocycles. The van der Waals surface area contributed by atoms with Gasteiger partial charge in [-0.25, -0.2) is 4.98 Å². The number of hydrogen-bond acceptors (Lipinski definition) is 3. The van der Waals surface area contributed by atoms with E-state index < -0.39 is 0 Å². The molecule has 0 bridgehead atoms. The third-order valence-electron chi connectivity index (χ3n) is 4.34. The minimum absolute atomic E-state index is 0.241. The van der Waals surface area contributed by atoms with E-state index in [1.165, 1.54) is 0 Å². The van der Waals surface area contributed by atoms with Crippen LogP contribution in [0.25, 0.3) is 21.7 Å². The van der Waals surface area contributed by atoms with Crippen molar-refractivity contribution in [2.75, 3.05) is 13.2 Å². The number of aromatic nitrogens is 1. The molecule has 28 heavy (non-hydrogen) atoms. The maximum Gasteiger partial charge on any atom is 0.270 e. The molecule has 0 aliphatic rings. The van der Waals surface area contributed by atoms with E-state index in [2.05, 4.69) is 22.1 Å². The van der Waals surface area contributed by atoms with Gasteiger partial charge in [0.25, 0.3) is 5.91 Å². The van der Waals surface area contributed by atoms with Crippen molar-refractivity contribution in [1.82, 2.24) is 10.3 Å². The number of rotatable bonds is 4. The summed E-state index contributed by atoms with van der Waals surface area (Å²) in [5.74, 6) is 6.40. The van der Waals surface area contributed by atoms with Crippen LogP contribution >= 0.6 is 0 Å². The molecule has 0 radical (unpaired) electrons. The van der Waals surface area contributed by atoms with Crippen LogP contribution in [0.15, 0.2) is 78.9 Å². The molecule has 0 spiro atoms. The number of hydrogen-bond donors (Lipinski definition) is 1. The molecular formula is C24H18N2O2. The SMILES string of the molecule is O=C(NCC#CCOc1cccc2ccccc12)c1ccc2ccccc2n1. The van der Waals surface area contributed by atoms with Crippen LogP contribution in [0.3, 0.4) is 0 Å². The fourth-order valence-electron chi connectivity index (χ4n) is 2.96. The molecule has 0 fully saturated rings. The minimum atomic E-state index is -0.241. The van der Waals surface area contributed by atoms with Crippen LogP contribution in [0.2, 0.25) is 0 Å². The molecule has 0 unspecified atom stereocenters. The van der Waals surface area contributed by atoms with Crippen LogP contribution < -0.4 is 10.1 Å². The van der Waals surface area contributed by atoms with Gasteiger partial charge in [0.2, 0.25) is 0 Å². The summed E-state index contributed by atoms with van der Waals surface area (Å²) < 4.78 is 5.76. The maximum atomic E-state index is 12.2. The number of ether oxygens (including phenoxy) is 1. The Kier molecular flexibility index (Phi) is 5.17. The van der Waals surface area contributed by atoms with Crippen LogP contribution in [-0.4, -0.2) is 24.0 Å². The zero-order valence-corrected chi connectivity index (χ0v) is 15.2. The Morgan fingerprint density at radius 1 is 0.857 bits per heavy atom. The quantitative estimate of drug-likeness (QED) is 0.551. The summed E-state index contributed by atoms with van der Waals surface area (Å²) in [5, 5.41) is 5.95. The van der Waals surface area contributed by atoms with Crippen LogP contribution in [0.5, 0.6) is 5.75 Å². The second-order valence-corrected chi connectivity index (χ2v) is 6.19. The lowest BCUT2D eigenvalue weighted by Gasteiger charge is -2.06. The lowest BCUT2D eigenvalue weighted by atomic mass is 10.1. The topological polar surface area (TPSA) is 51.2 Å². The maximum absolute atomic E-state index is 12.2. The molecule has 4 heteroatoms. The summed E-state index contributed by atoms with van der Waals surface area (Å²) >= 11 is 0. The van der Waals surface area contributed by atoms with E-state index in [9.17, 15) is 4.79 Å². The van der Waals surface area contributed by atoms with Crippen LogP contribution in [-0.2, 0) is 0 Å². The Hall–Kier alpha value is -3.84. The van der Waals surface area contributed by atoms with Gasteiger partial charge in [-0.15, -0.1) is 0 Å². The first-order valence-corrected chi connectivity index (χ1v) is 9.01. The molecule has 0 saturated heterocycles. The average Bonchev–Trinajstić information content (AvgIpc) is 2.75. The summed E-state index contributed by atoms with van der Waals surface area (Å²) in [6.45, 7) is 0.504. The monoisotopic (exact) mass is 366 g/mol. The molecule has 1 aromatic heterocycles. The Labute approximate surface area is 163 Å². The fraction of sp³-hybridized carbons (Fsp3) is 0.0833. The van der Waals surface area contributed by atoms with E-state index in [1.807, 2.05) is 72.8 Å². The normalized spacial score (nSPS) is 10.3. The van der Waals surface area contributed by atoms with E-state index in [0.717, 1.165) is 27.4 Å². The van der Waals surface area contributed by atoms with Gasteiger partial charge in [0.1, 0.15) is 18.1 Å². The first-order chi connectivity index (χ1) is 13.8. The van der Waals surface area contributed by atoms with Gasteiger partial charge >= 0.3 is 0 Å². The molecular weight excluding hydrogens is 348 g/mol. The number of benzene rings is 3. The number of nitrogens with zero attached hydrogens (tertiary/aromatic N) is 1. The molecule has 1 amide bonds. The summed E-state index contributed by atoms with van der Waals surface area (Å²) in [6.07, 6.45) is 0. The molecule has 0 atom stereocenters. The van der Waals surface area contributed by atoms with Gasteiger partial charge in [0.15, 0.2) is 0 Å². The second kappa shape index (κ2) is 8.24. The number of pyridine rings is 1. The van der Waals surface area contributed by atoms with Gasteiger partial charge in [0, 0.05) is 10.8 Å². The molecule has 0 aliphatic heterocycles. The van der Waals surface area contributed by atoms with E-state index in [0.29, 0.717) is 5.69 Å². The number of carbonyl (C=O) groups excluding carboxylic acids is 1. The largest absolute Gasteiger partial charge is 0.480 e. The summed E-state index contributed by atoms with van der Waals surface area (Å²) in [4.78, 5) is 16.6. The average molecular weight is 366 g/mol. The Morgan fingerprint density at radius 3 is 2.57 bits per heavy atom. The van der Waals surface area contributed by atoms with Crippen molar-refractivity contribution in [3.8, 4) is 17.6 Å². The smallest absolute Gasteiger partial charge is 0.270 e. The van der Waals surface area contributed by atoms with Crippen LogP contribution in [0, 0.1) is 11.8 Å². The summed E-state index contributed by atoms with van der Waals surface area (Å²) in [7, 11) is 0. The molecule has 1 N–H and O–H groups in total. The van der Waals surface area contributed by atoms with Crippen molar-refractivity contribution < 1.29 is 9.53 Å². The highest BCUT2D eigenvalue weighted by Crippen LogP contribution is 2.24. The molecule has 0 saturated carbocycles. The van der Waals surface area contributed by atoms with Gasteiger partial charge in [-0.3, -0.25) is 4.79 Å². The standard InChI is InChI=1S/C24H18N2O2/c27-24(22-15-14-19-9-2-4-12-21(19)26-22)25-16-5-6-17-28-23-13-7-10-18-8-1-3-11-20(18)23/h1-4,7-15H,16-17H2,(H,25,27). The molecule has 0 aliphatic carbocycles. The predicted molar refractivity (Wildman–Crippen MR) is 111 cm³/mol.